The Morgan fingerprint density at radius 3 is 2.92 bits per heavy atom. The number of H-pyrrole nitrogens is 1. The molecule has 0 fully saturated rings. The van der Waals surface area contributed by atoms with Gasteiger partial charge in [-0.1, -0.05) is 0 Å². The first kappa shape index (κ1) is 17.2. The highest BCUT2D eigenvalue weighted by atomic mass is 32.1. The number of aromatic nitrogens is 3. The summed E-state index contributed by atoms with van der Waals surface area (Å²) in [6, 6.07) is 5.72. The van der Waals surface area contributed by atoms with Crippen molar-refractivity contribution in [1.29, 1.82) is 0 Å². The first-order valence-corrected chi connectivity index (χ1v) is 8.89. The third-order valence-electron chi connectivity index (χ3n) is 4.01. The second-order valence-electron chi connectivity index (χ2n) is 5.81. The van der Waals surface area contributed by atoms with Gasteiger partial charge in [-0.05, 0) is 18.6 Å². The summed E-state index contributed by atoms with van der Waals surface area (Å²) in [6.45, 7) is 0.606. The number of amides is 1. The third-order valence-corrected chi connectivity index (χ3v) is 4.74. The van der Waals surface area contributed by atoms with E-state index in [0.717, 1.165) is 28.3 Å². The van der Waals surface area contributed by atoms with Crippen LogP contribution in [0.4, 0.5) is 5.13 Å². The van der Waals surface area contributed by atoms with Crippen molar-refractivity contribution < 1.29 is 9.53 Å². The minimum absolute atomic E-state index is 0.0874. The van der Waals surface area contributed by atoms with E-state index in [1.807, 2.05) is 30.6 Å². The number of nitrogens with one attached hydrogen (secondary N) is 1. The first-order chi connectivity index (χ1) is 12.0. The van der Waals surface area contributed by atoms with Crippen LogP contribution in [0.2, 0.25) is 0 Å². The number of anilines is 1. The second kappa shape index (κ2) is 7.52. The standard InChI is InChI=1S/C17H21N5O2S/c1-22(16(23)6-3-11-10-25-17(18)19-11)8-7-15-20-13-5-4-12(24-2)9-14(13)21-15/h4-5,9-10H,3,6-8H2,1-2H3,(H2,18,19)(H,20,21). The van der Waals surface area contributed by atoms with E-state index >= 15 is 0 Å². The van der Waals surface area contributed by atoms with Crippen molar-refractivity contribution in [2.24, 2.45) is 0 Å². The quantitative estimate of drug-likeness (QED) is 0.674. The number of carbonyl (C=O) groups excluding carboxylic acids is 1. The minimum Gasteiger partial charge on any atom is -0.497 e. The van der Waals surface area contributed by atoms with E-state index in [2.05, 4.69) is 15.0 Å². The molecule has 0 aliphatic heterocycles. The smallest absolute Gasteiger partial charge is 0.222 e. The maximum atomic E-state index is 12.2. The maximum absolute atomic E-state index is 12.2. The SMILES string of the molecule is COc1ccc2nc(CCN(C)C(=O)CCc3csc(N)n3)[nH]c2c1. The Hall–Kier alpha value is -2.61. The van der Waals surface area contributed by atoms with Crippen molar-refractivity contribution >= 4 is 33.4 Å². The van der Waals surface area contributed by atoms with Crippen molar-refractivity contribution in [3.05, 3.63) is 35.1 Å². The predicted octanol–water partition coefficient (Wildman–Crippen LogP) is 2.24. The van der Waals surface area contributed by atoms with E-state index in [-0.39, 0.29) is 5.91 Å². The molecule has 3 N–H and O–H groups in total. The lowest BCUT2D eigenvalue weighted by molar-refractivity contribution is -0.129. The number of likely N-dealkylation sites (N-methyl/N-ethyl adjacent to an activating group) is 1. The molecule has 0 saturated heterocycles. The summed E-state index contributed by atoms with van der Waals surface area (Å²) in [5.74, 6) is 1.73. The molecule has 0 saturated carbocycles. The molecule has 3 aromatic rings. The van der Waals surface area contributed by atoms with Gasteiger partial charge in [0.15, 0.2) is 5.13 Å². The molecule has 132 valence electrons. The summed E-state index contributed by atoms with van der Waals surface area (Å²) in [7, 11) is 3.45. The van der Waals surface area contributed by atoms with Gasteiger partial charge in [0.1, 0.15) is 11.6 Å². The average molecular weight is 359 g/mol. The van der Waals surface area contributed by atoms with Crippen molar-refractivity contribution in [1.82, 2.24) is 19.9 Å². The number of benzene rings is 1. The van der Waals surface area contributed by atoms with Crippen LogP contribution in [0.3, 0.4) is 0 Å². The van der Waals surface area contributed by atoms with Crippen molar-refractivity contribution in [3.63, 3.8) is 0 Å². The van der Waals surface area contributed by atoms with Gasteiger partial charge >= 0.3 is 0 Å². The number of aryl methyl sites for hydroxylation is 1. The van der Waals surface area contributed by atoms with Gasteiger partial charge in [0.2, 0.25) is 5.91 Å². The Morgan fingerprint density at radius 2 is 2.20 bits per heavy atom. The molecule has 0 unspecified atom stereocenters. The number of carbonyl (C=O) groups is 1. The van der Waals surface area contributed by atoms with Crippen LogP contribution in [0.15, 0.2) is 23.6 Å². The van der Waals surface area contributed by atoms with Crippen LogP contribution in [0, 0.1) is 0 Å². The Bertz CT molecular complexity index is 873. The fraction of sp³-hybridized carbons (Fsp3) is 0.353. The lowest BCUT2D eigenvalue weighted by Gasteiger charge is -2.16. The topological polar surface area (TPSA) is 97.1 Å². The van der Waals surface area contributed by atoms with E-state index in [1.54, 1.807) is 12.0 Å². The number of imidazole rings is 1. The summed E-state index contributed by atoms with van der Waals surface area (Å²) in [6.07, 6.45) is 1.71. The average Bonchev–Trinajstić information content (AvgIpc) is 3.22. The summed E-state index contributed by atoms with van der Waals surface area (Å²) in [5, 5.41) is 2.43. The molecule has 0 atom stereocenters. The Balaban J connectivity index is 1.52. The molecule has 2 aromatic heterocycles. The molecule has 0 radical (unpaired) electrons. The van der Waals surface area contributed by atoms with Gasteiger partial charge in [-0.3, -0.25) is 4.79 Å². The summed E-state index contributed by atoms with van der Waals surface area (Å²) in [5.41, 5.74) is 8.30. The van der Waals surface area contributed by atoms with Crippen LogP contribution in [0.1, 0.15) is 17.9 Å². The number of nitrogens with two attached hydrogens (primary N) is 1. The highest BCUT2D eigenvalue weighted by Gasteiger charge is 2.11. The zero-order chi connectivity index (χ0) is 17.8. The number of methoxy groups -OCH3 is 1. The Labute approximate surface area is 149 Å². The van der Waals surface area contributed by atoms with Gasteiger partial charge in [0, 0.05) is 37.9 Å². The van der Waals surface area contributed by atoms with Gasteiger partial charge in [0.05, 0.1) is 23.8 Å². The molecule has 1 amide bonds. The molecule has 8 heteroatoms. The molecule has 0 aliphatic carbocycles. The van der Waals surface area contributed by atoms with Crippen LogP contribution in [-0.4, -0.2) is 46.5 Å². The Morgan fingerprint density at radius 1 is 1.36 bits per heavy atom. The zero-order valence-electron chi connectivity index (χ0n) is 14.3. The van der Waals surface area contributed by atoms with Crippen LogP contribution in [0.5, 0.6) is 5.75 Å². The normalized spacial score (nSPS) is 11.0. The van der Waals surface area contributed by atoms with E-state index in [4.69, 9.17) is 10.5 Å². The molecular weight excluding hydrogens is 338 g/mol. The van der Waals surface area contributed by atoms with Crippen LogP contribution in [-0.2, 0) is 17.6 Å². The van der Waals surface area contributed by atoms with E-state index < -0.39 is 0 Å². The van der Waals surface area contributed by atoms with Crippen LogP contribution in [0.25, 0.3) is 11.0 Å². The molecule has 7 nitrogen and oxygen atoms in total. The zero-order valence-corrected chi connectivity index (χ0v) is 15.1. The fourth-order valence-corrected chi connectivity index (χ4v) is 3.15. The number of thiazole rings is 1. The predicted molar refractivity (Wildman–Crippen MR) is 98.8 cm³/mol. The van der Waals surface area contributed by atoms with Gasteiger partial charge < -0.3 is 20.4 Å². The van der Waals surface area contributed by atoms with E-state index in [9.17, 15) is 4.79 Å². The highest BCUT2D eigenvalue weighted by molar-refractivity contribution is 7.13. The molecular formula is C17H21N5O2S. The number of ether oxygens (including phenoxy) is 1. The van der Waals surface area contributed by atoms with Crippen molar-refractivity contribution in [2.75, 3.05) is 26.4 Å². The van der Waals surface area contributed by atoms with Crippen molar-refractivity contribution in [3.8, 4) is 5.75 Å². The number of nitrogen functional groups attached to an aromatic ring is 1. The first-order valence-electron chi connectivity index (χ1n) is 8.01. The molecule has 0 aliphatic rings. The van der Waals surface area contributed by atoms with E-state index in [1.165, 1.54) is 11.3 Å². The van der Waals surface area contributed by atoms with Crippen LogP contribution < -0.4 is 10.5 Å². The van der Waals surface area contributed by atoms with Gasteiger partial charge in [-0.2, -0.15) is 0 Å². The van der Waals surface area contributed by atoms with Crippen molar-refractivity contribution in [2.45, 2.75) is 19.3 Å². The number of fused-ring (bicyclic) bond motifs is 1. The van der Waals surface area contributed by atoms with E-state index in [0.29, 0.717) is 30.9 Å². The fourth-order valence-electron chi connectivity index (χ4n) is 2.55. The summed E-state index contributed by atoms with van der Waals surface area (Å²) in [4.78, 5) is 25.9. The molecule has 0 spiro atoms. The minimum atomic E-state index is 0.0874. The second-order valence-corrected chi connectivity index (χ2v) is 6.70. The number of hydrogen-bond donors (Lipinski definition) is 2. The monoisotopic (exact) mass is 359 g/mol. The number of rotatable bonds is 7. The molecule has 2 heterocycles. The lowest BCUT2D eigenvalue weighted by Crippen LogP contribution is -2.29. The van der Waals surface area contributed by atoms with Gasteiger partial charge in [-0.15, -0.1) is 11.3 Å². The number of hydrogen-bond acceptors (Lipinski definition) is 6. The highest BCUT2D eigenvalue weighted by Crippen LogP contribution is 2.19. The number of aromatic amines is 1. The van der Waals surface area contributed by atoms with Gasteiger partial charge in [0.25, 0.3) is 0 Å². The largest absolute Gasteiger partial charge is 0.497 e. The summed E-state index contributed by atoms with van der Waals surface area (Å²) < 4.78 is 5.21. The maximum Gasteiger partial charge on any atom is 0.222 e. The number of nitrogens with zero attached hydrogens (tertiary/aromatic N) is 3. The summed E-state index contributed by atoms with van der Waals surface area (Å²) >= 11 is 1.40. The lowest BCUT2D eigenvalue weighted by atomic mass is 10.2. The molecule has 3 rings (SSSR count). The van der Waals surface area contributed by atoms with Crippen LogP contribution >= 0.6 is 11.3 Å². The third kappa shape index (κ3) is 4.27. The van der Waals surface area contributed by atoms with Gasteiger partial charge in [-0.25, -0.2) is 9.97 Å². The molecule has 25 heavy (non-hydrogen) atoms. The molecule has 1 aromatic carbocycles. The molecule has 0 bridgehead atoms. The Kier molecular flexibility index (Phi) is 5.18.